The van der Waals surface area contributed by atoms with Crippen LogP contribution >= 0.6 is 11.8 Å². The number of nitrogens with one attached hydrogen (secondary N) is 2. The Balaban J connectivity index is 1.44. The second-order valence-electron chi connectivity index (χ2n) is 7.72. The molecule has 0 saturated carbocycles. The number of amides is 2. The number of Topliss-reactive ketones (excluding diaryl/α,β-unsaturated/α-hetero) is 1. The zero-order chi connectivity index (χ0) is 24.8. The van der Waals surface area contributed by atoms with E-state index in [1.165, 1.54) is 18.7 Å². The predicted octanol–water partition coefficient (Wildman–Crippen LogP) is 4.62. The molecule has 0 spiro atoms. The number of methoxy groups -OCH3 is 1. The Bertz CT molecular complexity index is 1360. The molecule has 4 aromatic rings. The smallest absolute Gasteiger partial charge is 0.244 e. The average molecular weight is 489 g/mol. The van der Waals surface area contributed by atoms with E-state index >= 15 is 0 Å². The van der Waals surface area contributed by atoms with Crippen LogP contribution < -0.4 is 15.4 Å². The highest BCUT2D eigenvalue weighted by Crippen LogP contribution is 2.25. The summed E-state index contributed by atoms with van der Waals surface area (Å²) >= 11 is 1.26. The molecule has 0 aliphatic heterocycles. The molecule has 178 valence electrons. The number of nitrogens with zero attached hydrogens (tertiary/aromatic N) is 2. The Kier molecular flexibility index (Phi) is 7.47. The van der Waals surface area contributed by atoms with Gasteiger partial charge in [-0.1, -0.05) is 23.9 Å². The van der Waals surface area contributed by atoms with Gasteiger partial charge < -0.3 is 19.9 Å². The van der Waals surface area contributed by atoms with Crippen LogP contribution in [0.25, 0.3) is 11.0 Å². The Morgan fingerprint density at radius 1 is 0.886 bits per heavy atom. The summed E-state index contributed by atoms with van der Waals surface area (Å²) in [7, 11) is 1.58. The van der Waals surface area contributed by atoms with Gasteiger partial charge in [0.05, 0.1) is 23.9 Å². The number of fused-ring (bicyclic) bond motifs is 1. The molecule has 0 fully saturated rings. The maximum Gasteiger partial charge on any atom is 0.244 e. The SMILES string of the molecule is COc1ccc(NC(=O)CSc2nc3ccccc3n2CC(=O)Nc2ccc(C(C)=O)cc2)cc1. The van der Waals surface area contributed by atoms with Crippen molar-refractivity contribution in [2.24, 2.45) is 0 Å². The van der Waals surface area contributed by atoms with E-state index in [1.807, 2.05) is 24.3 Å². The van der Waals surface area contributed by atoms with E-state index in [0.29, 0.717) is 27.8 Å². The van der Waals surface area contributed by atoms with Crippen molar-refractivity contribution in [2.45, 2.75) is 18.6 Å². The van der Waals surface area contributed by atoms with Crippen molar-refractivity contribution in [2.75, 3.05) is 23.5 Å². The molecule has 9 heteroatoms. The average Bonchev–Trinajstić information content (AvgIpc) is 3.20. The lowest BCUT2D eigenvalue weighted by Crippen LogP contribution is -2.20. The predicted molar refractivity (Wildman–Crippen MR) is 137 cm³/mol. The molecule has 0 atom stereocenters. The Hall–Kier alpha value is -4.11. The second-order valence-corrected chi connectivity index (χ2v) is 8.66. The third kappa shape index (κ3) is 6.07. The highest BCUT2D eigenvalue weighted by atomic mass is 32.2. The number of aromatic nitrogens is 2. The van der Waals surface area contributed by atoms with Crippen LogP contribution in [0.3, 0.4) is 0 Å². The minimum absolute atomic E-state index is 0.0252. The maximum absolute atomic E-state index is 12.8. The Morgan fingerprint density at radius 2 is 1.51 bits per heavy atom. The monoisotopic (exact) mass is 488 g/mol. The molecule has 0 saturated heterocycles. The van der Waals surface area contributed by atoms with E-state index in [1.54, 1.807) is 60.2 Å². The molecule has 1 aromatic heterocycles. The van der Waals surface area contributed by atoms with Gasteiger partial charge in [0.2, 0.25) is 11.8 Å². The van der Waals surface area contributed by atoms with E-state index < -0.39 is 0 Å². The first-order valence-electron chi connectivity index (χ1n) is 10.9. The van der Waals surface area contributed by atoms with Gasteiger partial charge in [-0.2, -0.15) is 0 Å². The number of thioether (sulfide) groups is 1. The molecule has 35 heavy (non-hydrogen) atoms. The molecule has 0 bridgehead atoms. The van der Waals surface area contributed by atoms with E-state index in [4.69, 9.17) is 4.74 Å². The van der Waals surface area contributed by atoms with Crippen LogP contribution in [0.5, 0.6) is 5.75 Å². The molecule has 0 aliphatic rings. The normalized spacial score (nSPS) is 10.7. The third-order valence-electron chi connectivity index (χ3n) is 5.20. The quantitative estimate of drug-likeness (QED) is 0.263. The van der Waals surface area contributed by atoms with Crippen LogP contribution in [0, 0.1) is 0 Å². The minimum Gasteiger partial charge on any atom is -0.497 e. The fourth-order valence-corrected chi connectivity index (χ4v) is 4.26. The highest BCUT2D eigenvalue weighted by molar-refractivity contribution is 7.99. The third-order valence-corrected chi connectivity index (χ3v) is 6.18. The summed E-state index contributed by atoms with van der Waals surface area (Å²) in [5, 5.41) is 6.26. The first-order chi connectivity index (χ1) is 16.9. The molecule has 3 aromatic carbocycles. The summed E-state index contributed by atoms with van der Waals surface area (Å²) in [6.45, 7) is 1.52. The van der Waals surface area contributed by atoms with Gasteiger partial charge in [0.1, 0.15) is 12.3 Å². The van der Waals surface area contributed by atoms with Gasteiger partial charge in [-0.25, -0.2) is 4.98 Å². The number of hydrogen-bond donors (Lipinski definition) is 2. The first-order valence-corrected chi connectivity index (χ1v) is 11.8. The summed E-state index contributed by atoms with van der Waals surface area (Å²) in [4.78, 5) is 41.4. The number of imidazole rings is 1. The maximum atomic E-state index is 12.8. The number of carbonyl (C=O) groups is 3. The van der Waals surface area contributed by atoms with Crippen molar-refractivity contribution < 1.29 is 19.1 Å². The zero-order valence-electron chi connectivity index (χ0n) is 19.3. The summed E-state index contributed by atoms with van der Waals surface area (Å²) in [6, 6.07) is 21.3. The van der Waals surface area contributed by atoms with E-state index in [0.717, 1.165) is 11.0 Å². The number of ether oxygens (including phenoxy) is 1. The van der Waals surface area contributed by atoms with Crippen molar-refractivity contribution in [3.05, 3.63) is 78.4 Å². The first kappa shape index (κ1) is 24.0. The summed E-state index contributed by atoms with van der Waals surface area (Å²) in [5.41, 5.74) is 3.38. The molecule has 0 aliphatic carbocycles. The van der Waals surface area contributed by atoms with E-state index in [9.17, 15) is 14.4 Å². The molecule has 2 N–H and O–H groups in total. The van der Waals surface area contributed by atoms with Crippen molar-refractivity contribution in [3.63, 3.8) is 0 Å². The molecular formula is C26H24N4O4S. The summed E-state index contributed by atoms with van der Waals surface area (Å²) in [6.07, 6.45) is 0. The van der Waals surface area contributed by atoms with Crippen molar-refractivity contribution >= 4 is 51.8 Å². The van der Waals surface area contributed by atoms with Gasteiger partial charge in [-0.05, 0) is 67.6 Å². The lowest BCUT2D eigenvalue weighted by molar-refractivity contribution is -0.117. The molecule has 0 unspecified atom stereocenters. The molecule has 0 radical (unpaired) electrons. The Morgan fingerprint density at radius 3 is 2.17 bits per heavy atom. The van der Waals surface area contributed by atoms with Crippen molar-refractivity contribution in [1.29, 1.82) is 0 Å². The molecule has 4 rings (SSSR count). The number of hydrogen-bond acceptors (Lipinski definition) is 6. The van der Waals surface area contributed by atoms with Crippen molar-refractivity contribution in [1.82, 2.24) is 9.55 Å². The van der Waals surface area contributed by atoms with Gasteiger partial charge in [0, 0.05) is 16.9 Å². The standard InChI is InChI=1S/C26H24N4O4S/c1-17(31)18-7-9-19(10-8-18)27-24(32)15-30-23-6-4-3-5-22(23)29-26(30)35-16-25(33)28-20-11-13-21(34-2)14-12-20/h3-14H,15-16H2,1-2H3,(H,27,32)(H,28,33). The van der Waals surface area contributed by atoms with Crippen LogP contribution in [0.4, 0.5) is 11.4 Å². The summed E-state index contributed by atoms with van der Waals surface area (Å²) < 4.78 is 6.92. The van der Waals surface area contributed by atoms with Gasteiger partial charge in [0.15, 0.2) is 10.9 Å². The molecule has 1 heterocycles. The minimum atomic E-state index is -0.242. The molecular weight excluding hydrogens is 464 g/mol. The number of anilines is 2. The molecule has 2 amide bonds. The fraction of sp³-hybridized carbons (Fsp3) is 0.154. The second kappa shape index (κ2) is 10.9. The van der Waals surface area contributed by atoms with Crippen LogP contribution in [0.1, 0.15) is 17.3 Å². The zero-order valence-corrected chi connectivity index (χ0v) is 20.1. The number of carbonyl (C=O) groups excluding carboxylic acids is 3. The van der Waals surface area contributed by atoms with E-state index in [2.05, 4.69) is 15.6 Å². The van der Waals surface area contributed by atoms with Gasteiger partial charge in [-0.15, -0.1) is 0 Å². The van der Waals surface area contributed by atoms with Crippen molar-refractivity contribution in [3.8, 4) is 5.75 Å². The van der Waals surface area contributed by atoms with Crippen LogP contribution in [0.2, 0.25) is 0 Å². The number of rotatable bonds is 9. The number of ketones is 1. The van der Waals surface area contributed by atoms with Crippen LogP contribution in [-0.4, -0.2) is 40.0 Å². The number of benzene rings is 3. The Labute approximate surface area is 206 Å². The topological polar surface area (TPSA) is 102 Å². The molecule has 8 nitrogen and oxygen atoms in total. The summed E-state index contributed by atoms with van der Waals surface area (Å²) in [5.74, 6) is 0.371. The van der Waals surface area contributed by atoms with Gasteiger partial charge >= 0.3 is 0 Å². The number of para-hydroxylation sites is 2. The van der Waals surface area contributed by atoms with Crippen LogP contribution in [-0.2, 0) is 16.1 Å². The lowest BCUT2D eigenvalue weighted by atomic mass is 10.1. The van der Waals surface area contributed by atoms with Crippen LogP contribution in [0.15, 0.2) is 78.0 Å². The largest absolute Gasteiger partial charge is 0.497 e. The van der Waals surface area contributed by atoms with Gasteiger partial charge in [0.25, 0.3) is 0 Å². The van der Waals surface area contributed by atoms with Gasteiger partial charge in [-0.3, -0.25) is 14.4 Å². The lowest BCUT2D eigenvalue weighted by Gasteiger charge is -2.10. The highest BCUT2D eigenvalue weighted by Gasteiger charge is 2.16. The van der Waals surface area contributed by atoms with E-state index in [-0.39, 0.29) is 29.9 Å². The fourth-order valence-electron chi connectivity index (χ4n) is 3.45.